The first-order valence-corrected chi connectivity index (χ1v) is 6.18. The van der Waals surface area contributed by atoms with Crippen LogP contribution in [0.1, 0.15) is 11.1 Å². The molecule has 0 aliphatic rings. The molecule has 1 aromatic carbocycles. The van der Waals surface area contributed by atoms with Gasteiger partial charge in [-0.2, -0.15) is 52.7 Å². The van der Waals surface area contributed by atoms with Crippen molar-refractivity contribution in [1.82, 2.24) is 0 Å². The molecule has 0 atom stereocenters. The van der Waals surface area contributed by atoms with Gasteiger partial charge in [-0.15, -0.1) is 0 Å². The fourth-order valence-corrected chi connectivity index (χ4v) is 2.01. The van der Waals surface area contributed by atoms with E-state index in [1.165, 1.54) is 0 Å². The van der Waals surface area contributed by atoms with Gasteiger partial charge in [0.15, 0.2) is 0 Å². The number of hydrogen-bond donors (Lipinski definition) is 3. The largest absolute Gasteiger partial charge is 0.508 e. The highest BCUT2D eigenvalue weighted by Gasteiger charge is 2.74. The Bertz CT molecular complexity index is 670. The summed E-state index contributed by atoms with van der Waals surface area (Å²) in [4.78, 5) is 0. The highest BCUT2D eigenvalue weighted by atomic mass is 19.4. The molecule has 0 fully saturated rings. The van der Waals surface area contributed by atoms with Crippen LogP contribution < -0.4 is 0 Å². The highest BCUT2D eigenvalue weighted by molar-refractivity contribution is 5.45. The number of aliphatic hydroxyl groups is 2. The van der Waals surface area contributed by atoms with Crippen molar-refractivity contribution < 1.29 is 68.0 Å². The standard InChI is InChI=1S/C12H6F12O3/c13-9(14,15)7(26,10(16,17)18)4-1-2-6(25)5(3-4)8(27,11(19,20)21)12(22,23)24/h1-3,25-27H. The summed E-state index contributed by atoms with van der Waals surface area (Å²) in [6.45, 7) is 0. The van der Waals surface area contributed by atoms with Gasteiger partial charge in [-0.3, -0.25) is 0 Å². The van der Waals surface area contributed by atoms with Gasteiger partial charge in [-0.1, -0.05) is 6.07 Å². The van der Waals surface area contributed by atoms with Gasteiger partial charge in [0.1, 0.15) is 5.75 Å². The molecular weight excluding hydrogens is 420 g/mol. The maximum atomic E-state index is 12.8. The van der Waals surface area contributed by atoms with E-state index in [2.05, 4.69) is 0 Å². The summed E-state index contributed by atoms with van der Waals surface area (Å²) in [5, 5.41) is 27.3. The van der Waals surface area contributed by atoms with E-state index < -0.39 is 71.0 Å². The van der Waals surface area contributed by atoms with E-state index in [-0.39, 0.29) is 0 Å². The van der Waals surface area contributed by atoms with E-state index in [1.807, 2.05) is 0 Å². The molecule has 0 aliphatic carbocycles. The number of halogens is 12. The second-order valence-corrected chi connectivity index (χ2v) is 5.14. The zero-order chi connectivity index (χ0) is 21.9. The van der Waals surface area contributed by atoms with Gasteiger partial charge in [-0.05, 0) is 12.1 Å². The van der Waals surface area contributed by atoms with Crippen LogP contribution in [0, 0.1) is 0 Å². The Morgan fingerprint density at radius 3 is 1.19 bits per heavy atom. The SMILES string of the molecule is Oc1ccc(C(O)(C(F)(F)F)C(F)(F)F)cc1C(O)(C(F)(F)F)C(F)(F)F. The van der Waals surface area contributed by atoms with Crippen molar-refractivity contribution in [3.63, 3.8) is 0 Å². The average Bonchev–Trinajstić information content (AvgIpc) is 2.41. The fraction of sp³-hybridized carbons (Fsp3) is 0.500. The van der Waals surface area contributed by atoms with Gasteiger partial charge in [-0.25, -0.2) is 0 Å². The van der Waals surface area contributed by atoms with Crippen molar-refractivity contribution in [3.05, 3.63) is 29.3 Å². The van der Waals surface area contributed by atoms with Crippen LogP contribution in [0.3, 0.4) is 0 Å². The maximum absolute atomic E-state index is 12.8. The fourth-order valence-electron chi connectivity index (χ4n) is 2.01. The number of hydrogen-bond acceptors (Lipinski definition) is 3. The molecule has 156 valence electrons. The Balaban J connectivity index is 3.94. The summed E-state index contributed by atoms with van der Waals surface area (Å²) < 4.78 is 153. The molecule has 3 N–H and O–H groups in total. The van der Waals surface area contributed by atoms with Crippen LogP contribution in [0.25, 0.3) is 0 Å². The molecule has 0 amide bonds. The van der Waals surface area contributed by atoms with Crippen molar-refractivity contribution in [1.29, 1.82) is 0 Å². The predicted molar refractivity (Wildman–Crippen MR) is 60.1 cm³/mol. The molecule has 0 radical (unpaired) electrons. The number of aromatic hydroxyl groups is 1. The maximum Gasteiger partial charge on any atom is 0.430 e. The minimum Gasteiger partial charge on any atom is -0.508 e. The van der Waals surface area contributed by atoms with E-state index in [1.54, 1.807) is 0 Å². The number of phenols is 1. The minimum absolute atomic E-state index is 0.393. The number of benzene rings is 1. The van der Waals surface area contributed by atoms with Gasteiger partial charge in [0.05, 0.1) is 0 Å². The van der Waals surface area contributed by atoms with Crippen LogP contribution in [0.2, 0.25) is 0 Å². The molecule has 1 rings (SSSR count). The monoisotopic (exact) mass is 426 g/mol. The number of phenolic OH excluding ortho intramolecular Hbond substituents is 1. The Labute approximate surface area is 140 Å². The first-order valence-electron chi connectivity index (χ1n) is 6.18. The summed E-state index contributed by atoms with van der Waals surface area (Å²) >= 11 is 0. The van der Waals surface area contributed by atoms with Crippen LogP contribution in [0.4, 0.5) is 52.7 Å². The smallest absolute Gasteiger partial charge is 0.430 e. The lowest BCUT2D eigenvalue weighted by molar-refractivity contribution is -0.378. The summed E-state index contributed by atoms with van der Waals surface area (Å²) in [7, 11) is 0. The molecule has 0 spiro atoms. The van der Waals surface area contributed by atoms with E-state index >= 15 is 0 Å². The minimum atomic E-state index is -6.71. The van der Waals surface area contributed by atoms with E-state index in [4.69, 9.17) is 15.3 Å². The van der Waals surface area contributed by atoms with Crippen molar-refractivity contribution in [2.75, 3.05) is 0 Å². The molecular formula is C12H6F12O3. The molecule has 0 saturated carbocycles. The van der Waals surface area contributed by atoms with E-state index in [0.29, 0.717) is 0 Å². The molecule has 0 unspecified atom stereocenters. The van der Waals surface area contributed by atoms with E-state index in [9.17, 15) is 52.7 Å². The third kappa shape index (κ3) is 3.37. The Kier molecular flexibility index (Phi) is 5.19. The second kappa shape index (κ2) is 6.05. The zero-order valence-corrected chi connectivity index (χ0v) is 12.1. The lowest BCUT2D eigenvalue weighted by Gasteiger charge is -2.36. The molecule has 0 bridgehead atoms. The molecule has 0 aromatic heterocycles. The molecule has 15 heteroatoms. The van der Waals surface area contributed by atoms with Crippen LogP contribution in [0.5, 0.6) is 5.75 Å². The third-order valence-electron chi connectivity index (χ3n) is 3.45. The van der Waals surface area contributed by atoms with Gasteiger partial charge >= 0.3 is 24.7 Å². The number of rotatable bonds is 2. The topological polar surface area (TPSA) is 60.7 Å². The lowest BCUT2D eigenvalue weighted by atomic mass is 9.85. The highest BCUT2D eigenvalue weighted by Crippen LogP contribution is 2.55. The second-order valence-electron chi connectivity index (χ2n) is 5.14. The molecule has 3 nitrogen and oxygen atoms in total. The number of alkyl halides is 12. The molecule has 0 heterocycles. The van der Waals surface area contributed by atoms with Gasteiger partial charge in [0.25, 0.3) is 11.2 Å². The Hall–Kier alpha value is -1.90. The quantitative estimate of drug-likeness (QED) is 0.627. The van der Waals surface area contributed by atoms with Crippen LogP contribution in [-0.4, -0.2) is 40.0 Å². The van der Waals surface area contributed by atoms with Gasteiger partial charge in [0, 0.05) is 11.1 Å². The van der Waals surface area contributed by atoms with E-state index in [0.717, 1.165) is 0 Å². The average molecular weight is 426 g/mol. The Morgan fingerprint density at radius 1 is 0.556 bits per heavy atom. The van der Waals surface area contributed by atoms with Gasteiger partial charge in [0.2, 0.25) is 0 Å². The normalized spacial score (nSPS) is 15.2. The summed E-state index contributed by atoms with van der Waals surface area (Å²) in [5.41, 5.74) is -17.2. The van der Waals surface area contributed by atoms with Crippen molar-refractivity contribution in [2.45, 2.75) is 35.9 Å². The Morgan fingerprint density at radius 2 is 0.889 bits per heavy atom. The lowest BCUT2D eigenvalue weighted by Crippen LogP contribution is -2.55. The third-order valence-corrected chi connectivity index (χ3v) is 3.45. The first-order chi connectivity index (χ1) is 11.6. The van der Waals surface area contributed by atoms with Crippen molar-refractivity contribution in [2.24, 2.45) is 0 Å². The molecule has 1 aromatic rings. The van der Waals surface area contributed by atoms with Crippen molar-refractivity contribution >= 4 is 0 Å². The summed E-state index contributed by atoms with van der Waals surface area (Å²) in [5.74, 6) is -2.12. The van der Waals surface area contributed by atoms with Crippen LogP contribution in [0.15, 0.2) is 18.2 Å². The summed E-state index contributed by atoms with van der Waals surface area (Å²) in [6, 6.07) is -1.86. The summed E-state index contributed by atoms with van der Waals surface area (Å²) in [6.07, 6.45) is -26.7. The van der Waals surface area contributed by atoms with Crippen LogP contribution in [-0.2, 0) is 11.2 Å². The molecule has 0 saturated heterocycles. The van der Waals surface area contributed by atoms with Crippen molar-refractivity contribution in [3.8, 4) is 5.75 Å². The first kappa shape index (κ1) is 23.1. The zero-order valence-electron chi connectivity index (χ0n) is 12.1. The molecule has 0 aliphatic heterocycles. The van der Waals surface area contributed by atoms with Crippen LogP contribution >= 0.6 is 0 Å². The predicted octanol–water partition coefficient (Wildman–Crippen LogP) is 4.02. The van der Waals surface area contributed by atoms with Gasteiger partial charge < -0.3 is 15.3 Å². The molecule has 27 heavy (non-hydrogen) atoms.